The molecule has 144 valence electrons. The number of benzene rings is 2. The number of carbonyl (C=O) groups is 2. The topological polar surface area (TPSA) is 104 Å². The van der Waals surface area contributed by atoms with E-state index in [0.717, 1.165) is 18.4 Å². The molecule has 10 heteroatoms. The molecule has 0 aromatic heterocycles. The average Bonchev–Trinajstić information content (AvgIpc) is 2.53. The van der Waals surface area contributed by atoms with Crippen LogP contribution < -0.4 is 15.4 Å². The van der Waals surface area contributed by atoms with Gasteiger partial charge in [0, 0.05) is 24.7 Å². The number of carbonyl (C=O) groups excluding carboxylic acids is 2. The summed E-state index contributed by atoms with van der Waals surface area (Å²) in [6.45, 7) is -0.0667. The van der Waals surface area contributed by atoms with Crippen molar-refractivity contribution in [1.29, 1.82) is 0 Å². The van der Waals surface area contributed by atoms with Gasteiger partial charge in [-0.1, -0.05) is 6.07 Å². The molecule has 0 bridgehead atoms. The summed E-state index contributed by atoms with van der Waals surface area (Å²) in [5, 5.41) is 4.92. The van der Waals surface area contributed by atoms with E-state index in [1.807, 2.05) is 0 Å². The molecule has 0 saturated carbocycles. The van der Waals surface area contributed by atoms with Gasteiger partial charge in [0.25, 0.3) is 5.91 Å². The molecule has 2 aromatic rings. The van der Waals surface area contributed by atoms with E-state index >= 15 is 0 Å². The standard InChI is InChI=1S/C17H17F2N3O4S/c1-27(25,26)22-13-4-2-3-12(10-13)21-16(23)7-8-20-17(24)14-6-5-11(18)9-15(14)19/h2-6,9-10,22H,7-8H2,1H3,(H,20,24)(H,21,23). The zero-order valence-corrected chi connectivity index (χ0v) is 15.1. The van der Waals surface area contributed by atoms with Crippen LogP contribution in [0.1, 0.15) is 16.8 Å². The van der Waals surface area contributed by atoms with Crippen LogP contribution in [-0.2, 0) is 14.8 Å². The quantitative estimate of drug-likeness (QED) is 0.665. The minimum absolute atomic E-state index is 0.0667. The number of nitrogens with one attached hydrogen (secondary N) is 3. The molecule has 0 aliphatic rings. The van der Waals surface area contributed by atoms with Crippen molar-refractivity contribution in [2.24, 2.45) is 0 Å². The van der Waals surface area contributed by atoms with E-state index < -0.39 is 33.5 Å². The van der Waals surface area contributed by atoms with Crippen molar-refractivity contribution in [3.8, 4) is 0 Å². The summed E-state index contributed by atoms with van der Waals surface area (Å²) in [6.07, 6.45) is 0.906. The Bertz CT molecular complexity index is 964. The van der Waals surface area contributed by atoms with Crippen LogP contribution in [0, 0.1) is 11.6 Å². The van der Waals surface area contributed by atoms with Crippen molar-refractivity contribution in [3.63, 3.8) is 0 Å². The SMILES string of the molecule is CS(=O)(=O)Nc1cccc(NC(=O)CCNC(=O)c2ccc(F)cc2F)c1. The van der Waals surface area contributed by atoms with E-state index in [-0.39, 0.29) is 24.2 Å². The lowest BCUT2D eigenvalue weighted by Gasteiger charge is -2.09. The predicted molar refractivity (Wildman–Crippen MR) is 96.8 cm³/mol. The fraction of sp³-hybridized carbons (Fsp3) is 0.176. The summed E-state index contributed by atoms with van der Waals surface area (Å²) < 4.78 is 51.0. The molecule has 0 aliphatic carbocycles. The fourth-order valence-corrected chi connectivity index (χ4v) is 2.71. The maximum absolute atomic E-state index is 13.5. The summed E-state index contributed by atoms with van der Waals surface area (Å²) in [5.74, 6) is -2.99. The van der Waals surface area contributed by atoms with E-state index in [0.29, 0.717) is 11.8 Å². The van der Waals surface area contributed by atoms with Crippen LogP contribution in [0.15, 0.2) is 42.5 Å². The van der Waals surface area contributed by atoms with E-state index in [4.69, 9.17) is 0 Å². The van der Waals surface area contributed by atoms with Gasteiger partial charge in [0.15, 0.2) is 0 Å². The number of sulfonamides is 1. The molecular weight excluding hydrogens is 380 g/mol. The maximum atomic E-state index is 13.5. The van der Waals surface area contributed by atoms with Gasteiger partial charge in [0.05, 0.1) is 17.5 Å². The van der Waals surface area contributed by atoms with Crippen LogP contribution in [-0.4, -0.2) is 33.0 Å². The van der Waals surface area contributed by atoms with Crippen molar-refractivity contribution < 1.29 is 26.8 Å². The molecule has 0 radical (unpaired) electrons. The Labute approximate surface area is 154 Å². The fourth-order valence-electron chi connectivity index (χ4n) is 2.16. The summed E-state index contributed by atoms with van der Waals surface area (Å²) in [4.78, 5) is 23.7. The first kappa shape index (κ1) is 20.3. The lowest BCUT2D eigenvalue weighted by molar-refractivity contribution is -0.116. The number of halogens is 2. The van der Waals surface area contributed by atoms with Crippen LogP contribution in [0.4, 0.5) is 20.2 Å². The lowest BCUT2D eigenvalue weighted by atomic mass is 10.2. The number of amides is 2. The van der Waals surface area contributed by atoms with E-state index in [1.165, 1.54) is 12.1 Å². The molecule has 0 unspecified atom stereocenters. The van der Waals surface area contributed by atoms with Crippen LogP contribution in [0.2, 0.25) is 0 Å². The number of hydrogen-bond donors (Lipinski definition) is 3. The Balaban J connectivity index is 1.86. The zero-order valence-electron chi connectivity index (χ0n) is 14.3. The minimum atomic E-state index is -3.44. The Hall–Kier alpha value is -3.01. The summed E-state index contributed by atoms with van der Waals surface area (Å²) in [6, 6.07) is 8.65. The Morgan fingerprint density at radius 3 is 2.41 bits per heavy atom. The second-order valence-electron chi connectivity index (χ2n) is 5.63. The molecule has 2 aromatic carbocycles. The van der Waals surface area contributed by atoms with Crippen LogP contribution >= 0.6 is 0 Å². The van der Waals surface area contributed by atoms with Gasteiger partial charge in [-0.25, -0.2) is 17.2 Å². The number of hydrogen-bond acceptors (Lipinski definition) is 4. The zero-order chi connectivity index (χ0) is 20.0. The first-order valence-electron chi connectivity index (χ1n) is 7.75. The summed E-state index contributed by atoms with van der Waals surface area (Å²) in [7, 11) is -3.44. The highest BCUT2D eigenvalue weighted by Crippen LogP contribution is 2.16. The molecule has 0 fully saturated rings. The summed E-state index contributed by atoms with van der Waals surface area (Å²) >= 11 is 0. The van der Waals surface area contributed by atoms with Crippen molar-refractivity contribution in [1.82, 2.24) is 5.32 Å². The second kappa shape index (κ2) is 8.58. The lowest BCUT2D eigenvalue weighted by Crippen LogP contribution is -2.28. The number of rotatable bonds is 7. The van der Waals surface area contributed by atoms with Gasteiger partial charge in [-0.15, -0.1) is 0 Å². The van der Waals surface area contributed by atoms with Gasteiger partial charge in [0.2, 0.25) is 15.9 Å². The highest BCUT2D eigenvalue weighted by atomic mass is 32.2. The molecule has 2 amide bonds. The van der Waals surface area contributed by atoms with Gasteiger partial charge >= 0.3 is 0 Å². The molecule has 0 aliphatic heterocycles. The Morgan fingerprint density at radius 2 is 1.74 bits per heavy atom. The largest absolute Gasteiger partial charge is 0.351 e. The van der Waals surface area contributed by atoms with Crippen molar-refractivity contribution in [3.05, 3.63) is 59.7 Å². The predicted octanol–water partition coefficient (Wildman–Crippen LogP) is 2.09. The van der Waals surface area contributed by atoms with Crippen LogP contribution in [0.3, 0.4) is 0 Å². The molecule has 2 rings (SSSR count). The molecule has 0 heterocycles. The van der Waals surface area contributed by atoms with E-state index in [2.05, 4.69) is 15.4 Å². The van der Waals surface area contributed by atoms with Crippen LogP contribution in [0.25, 0.3) is 0 Å². The van der Waals surface area contributed by atoms with Gasteiger partial charge < -0.3 is 10.6 Å². The monoisotopic (exact) mass is 397 g/mol. The van der Waals surface area contributed by atoms with Gasteiger partial charge in [-0.05, 0) is 30.3 Å². The van der Waals surface area contributed by atoms with Gasteiger partial charge in [0.1, 0.15) is 11.6 Å². The normalized spacial score (nSPS) is 10.9. The Morgan fingerprint density at radius 1 is 1.04 bits per heavy atom. The van der Waals surface area contributed by atoms with E-state index in [1.54, 1.807) is 12.1 Å². The second-order valence-corrected chi connectivity index (χ2v) is 7.38. The van der Waals surface area contributed by atoms with Gasteiger partial charge in [-0.3, -0.25) is 14.3 Å². The molecular formula is C17H17F2N3O4S. The third-order valence-corrected chi connectivity index (χ3v) is 3.87. The third kappa shape index (κ3) is 6.66. The van der Waals surface area contributed by atoms with Crippen molar-refractivity contribution in [2.45, 2.75) is 6.42 Å². The molecule has 0 spiro atoms. The van der Waals surface area contributed by atoms with Crippen molar-refractivity contribution in [2.75, 3.05) is 22.8 Å². The van der Waals surface area contributed by atoms with E-state index in [9.17, 15) is 26.8 Å². The molecule has 3 N–H and O–H groups in total. The minimum Gasteiger partial charge on any atom is -0.351 e. The molecule has 27 heavy (non-hydrogen) atoms. The molecule has 0 atom stereocenters. The Kier molecular flexibility index (Phi) is 6.45. The average molecular weight is 397 g/mol. The molecule has 0 saturated heterocycles. The highest BCUT2D eigenvalue weighted by Gasteiger charge is 2.12. The highest BCUT2D eigenvalue weighted by molar-refractivity contribution is 7.92. The van der Waals surface area contributed by atoms with Gasteiger partial charge in [-0.2, -0.15) is 0 Å². The first-order valence-corrected chi connectivity index (χ1v) is 9.64. The maximum Gasteiger partial charge on any atom is 0.254 e. The summed E-state index contributed by atoms with van der Waals surface area (Å²) in [5.41, 5.74) is 0.330. The van der Waals surface area contributed by atoms with Crippen LogP contribution in [0.5, 0.6) is 0 Å². The smallest absolute Gasteiger partial charge is 0.254 e. The number of anilines is 2. The first-order chi connectivity index (χ1) is 12.6. The van der Waals surface area contributed by atoms with Crippen molar-refractivity contribution >= 4 is 33.2 Å². The third-order valence-electron chi connectivity index (χ3n) is 3.26. The molecule has 7 nitrogen and oxygen atoms in total.